The van der Waals surface area contributed by atoms with E-state index in [1.54, 1.807) is 28.4 Å². The molecule has 32 heavy (non-hydrogen) atoms. The van der Waals surface area contributed by atoms with Gasteiger partial charge in [0.25, 0.3) is 0 Å². The van der Waals surface area contributed by atoms with E-state index in [9.17, 15) is 4.79 Å². The van der Waals surface area contributed by atoms with Crippen LogP contribution in [0.4, 0.5) is 0 Å². The summed E-state index contributed by atoms with van der Waals surface area (Å²) in [4.78, 5) is 14.8. The van der Waals surface area contributed by atoms with Crippen LogP contribution in [0.25, 0.3) is 12.2 Å². The summed E-state index contributed by atoms with van der Waals surface area (Å²) in [7, 11) is 6.43. The molecule has 6 heteroatoms. The molecule has 0 radical (unpaired) electrons. The number of para-hydroxylation sites is 2. The highest BCUT2D eigenvalue weighted by molar-refractivity contribution is 6.14. The number of benzene rings is 2. The summed E-state index contributed by atoms with van der Waals surface area (Å²) in [5.74, 6) is 2.56. The minimum atomic E-state index is 0.0413. The Morgan fingerprint density at radius 3 is 1.62 bits per heavy atom. The van der Waals surface area contributed by atoms with Crippen molar-refractivity contribution in [1.82, 2.24) is 0 Å². The van der Waals surface area contributed by atoms with Crippen LogP contribution in [-0.4, -0.2) is 53.9 Å². The van der Waals surface area contributed by atoms with Gasteiger partial charge in [-0.05, 0) is 30.7 Å². The van der Waals surface area contributed by atoms with E-state index in [1.807, 2.05) is 48.6 Å². The maximum atomic E-state index is 13.5. The molecule has 0 atom stereocenters. The number of rotatable bonds is 8. The molecule has 3 rings (SSSR count). The smallest absolute Gasteiger partial charge is 0.196 e. The number of ketones is 1. The van der Waals surface area contributed by atoms with E-state index in [1.165, 1.54) is 4.90 Å². The third-order valence-electron chi connectivity index (χ3n) is 5.59. The minimum absolute atomic E-state index is 0.0413. The normalized spacial score (nSPS) is 18.7. The lowest BCUT2D eigenvalue weighted by Crippen LogP contribution is -3.13. The fourth-order valence-electron chi connectivity index (χ4n) is 4.16. The van der Waals surface area contributed by atoms with Gasteiger partial charge in [0.05, 0.1) is 46.1 Å². The number of carbonyl (C=O) groups is 1. The molecule has 1 aliphatic heterocycles. The zero-order chi connectivity index (χ0) is 23.1. The van der Waals surface area contributed by atoms with Crippen molar-refractivity contribution in [1.29, 1.82) is 0 Å². The third-order valence-corrected chi connectivity index (χ3v) is 5.59. The first-order valence-corrected chi connectivity index (χ1v) is 10.8. The van der Waals surface area contributed by atoms with Gasteiger partial charge in [0.1, 0.15) is 13.1 Å². The number of methoxy groups -OCH3 is 4. The molecule has 0 aliphatic carbocycles. The molecule has 2 aromatic carbocycles. The predicted molar refractivity (Wildman–Crippen MR) is 126 cm³/mol. The highest BCUT2D eigenvalue weighted by Crippen LogP contribution is 2.34. The van der Waals surface area contributed by atoms with Gasteiger partial charge in [-0.15, -0.1) is 0 Å². The first-order chi connectivity index (χ1) is 15.6. The van der Waals surface area contributed by atoms with E-state index in [2.05, 4.69) is 6.92 Å². The molecule has 1 saturated heterocycles. The first-order valence-electron chi connectivity index (χ1n) is 10.8. The molecule has 0 saturated carbocycles. The number of Topliss-reactive ketones (excluding diaryl/α,β-unsaturated/α-hetero) is 1. The zero-order valence-electron chi connectivity index (χ0n) is 19.5. The summed E-state index contributed by atoms with van der Waals surface area (Å²) in [5, 5.41) is 0. The topological polar surface area (TPSA) is 58.4 Å². The van der Waals surface area contributed by atoms with Crippen molar-refractivity contribution in [2.24, 2.45) is 0 Å². The Bertz CT molecular complexity index is 947. The molecule has 0 unspecified atom stereocenters. The van der Waals surface area contributed by atoms with Crippen molar-refractivity contribution >= 4 is 17.9 Å². The lowest BCUT2D eigenvalue weighted by molar-refractivity contribution is -0.891. The van der Waals surface area contributed by atoms with Crippen molar-refractivity contribution < 1.29 is 28.6 Å². The molecule has 0 bridgehead atoms. The van der Waals surface area contributed by atoms with E-state index in [0.29, 0.717) is 36.1 Å². The van der Waals surface area contributed by atoms with Gasteiger partial charge in [-0.2, -0.15) is 0 Å². The van der Waals surface area contributed by atoms with Crippen LogP contribution in [0.15, 0.2) is 47.5 Å². The molecule has 1 heterocycles. The molecule has 1 N–H and O–H groups in total. The van der Waals surface area contributed by atoms with Gasteiger partial charge in [-0.1, -0.05) is 31.2 Å². The SMILES string of the molecule is CCC[NH+]1C/C(=C\c2cccc(OC)c2OC)C(=O)/C(=C/c2cccc(OC)c2OC)C1. The van der Waals surface area contributed by atoms with Crippen molar-refractivity contribution in [3.63, 3.8) is 0 Å². The molecule has 1 aliphatic rings. The van der Waals surface area contributed by atoms with Crippen molar-refractivity contribution in [2.75, 3.05) is 48.1 Å². The molecule has 0 spiro atoms. The Morgan fingerprint density at radius 1 is 0.781 bits per heavy atom. The number of carbonyl (C=O) groups excluding carboxylic acids is 1. The van der Waals surface area contributed by atoms with Crippen LogP contribution in [0.2, 0.25) is 0 Å². The Kier molecular flexibility index (Phi) is 7.95. The first kappa shape index (κ1) is 23.4. The Balaban J connectivity index is 2.07. The van der Waals surface area contributed by atoms with Gasteiger partial charge in [0.15, 0.2) is 28.8 Å². The summed E-state index contributed by atoms with van der Waals surface area (Å²) in [6.45, 7) is 4.47. The second-order valence-corrected chi connectivity index (χ2v) is 7.69. The van der Waals surface area contributed by atoms with Crippen LogP contribution < -0.4 is 23.8 Å². The summed E-state index contributed by atoms with van der Waals surface area (Å²) in [6, 6.07) is 11.4. The number of likely N-dealkylation sites (tertiary alicyclic amines) is 1. The van der Waals surface area contributed by atoms with E-state index >= 15 is 0 Å². The summed E-state index contributed by atoms with van der Waals surface area (Å²) in [5.41, 5.74) is 3.15. The van der Waals surface area contributed by atoms with Crippen LogP contribution in [0, 0.1) is 0 Å². The van der Waals surface area contributed by atoms with Crippen LogP contribution in [0.5, 0.6) is 23.0 Å². The lowest BCUT2D eigenvalue weighted by Gasteiger charge is -2.27. The van der Waals surface area contributed by atoms with E-state index in [0.717, 1.165) is 35.2 Å². The maximum absolute atomic E-state index is 13.5. The Labute approximate surface area is 190 Å². The predicted octanol–water partition coefficient (Wildman–Crippen LogP) is 3.07. The van der Waals surface area contributed by atoms with Gasteiger partial charge < -0.3 is 23.8 Å². The molecule has 0 aromatic heterocycles. The van der Waals surface area contributed by atoms with Crippen LogP contribution >= 0.6 is 0 Å². The second kappa shape index (κ2) is 10.9. The molecule has 1 fully saturated rings. The van der Waals surface area contributed by atoms with E-state index < -0.39 is 0 Å². The number of hydrogen-bond acceptors (Lipinski definition) is 5. The van der Waals surface area contributed by atoms with E-state index in [4.69, 9.17) is 18.9 Å². The molecule has 170 valence electrons. The number of ether oxygens (including phenoxy) is 4. The van der Waals surface area contributed by atoms with Gasteiger partial charge in [-0.3, -0.25) is 4.79 Å². The largest absolute Gasteiger partial charge is 0.493 e. The Morgan fingerprint density at radius 2 is 1.25 bits per heavy atom. The molecular weight excluding hydrogens is 406 g/mol. The van der Waals surface area contributed by atoms with Gasteiger partial charge in [-0.25, -0.2) is 0 Å². The number of hydrogen-bond donors (Lipinski definition) is 1. The zero-order valence-corrected chi connectivity index (χ0v) is 19.5. The summed E-state index contributed by atoms with van der Waals surface area (Å²) < 4.78 is 22.0. The second-order valence-electron chi connectivity index (χ2n) is 7.69. The number of quaternary nitrogens is 1. The van der Waals surface area contributed by atoms with Crippen molar-refractivity contribution in [3.05, 3.63) is 58.7 Å². The molecule has 6 nitrogen and oxygen atoms in total. The van der Waals surface area contributed by atoms with Gasteiger partial charge >= 0.3 is 0 Å². The number of nitrogens with one attached hydrogen (secondary N) is 1. The fraction of sp³-hybridized carbons (Fsp3) is 0.346. The average molecular weight is 439 g/mol. The summed E-state index contributed by atoms with van der Waals surface area (Å²) in [6.07, 6.45) is 4.89. The van der Waals surface area contributed by atoms with Gasteiger partial charge in [0, 0.05) is 11.1 Å². The summed E-state index contributed by atoms with van der Waals surface area (Å²) >= 11 is 0. The third kappa shape index (κ3) is 4.97. The fourth-order valence-corrected chi connectivity index (χ4v) is 4.16. The standard InChI is InChI=1S/C26H31NO5/c1-6-13-27-16-20(14-18-9-7-11-22(29-2)25(18)31-4)24(28)21(17-27)15-19-10-8-12-23(30-3)26(19)32-5/h7-12,14-15H,6,13,16-17H2,1-5H3/p+1/b20-14+,21-15+. The van der Waals surface area contributed by atoms with Crippen molar-refractivity contribution in [2.45, 2.75) is 13.3 Å². The lowest BCUT2D eigenvalue weighted by atomic mass is 9.93. The van der Waals surface area contributed by atoms with Gasteiger partial charge in [0.2, 0.25) is 0 Å². The van der Waals surface area contributed by atoms with Crippen LogP contribution in [0.1, 0.15) is 24.5 Å². The highest BCUT2D eigenvalue weighted by Gasteiger charge is 2.29. The highest BCUT2D eigenvalue weighted by atomic mass is 16.5. The Hall–Kier alpha value is -3.25. The molecule has 2 aromatic rings. The monoisotopic (exact) mass is 438 g/mol. The number of piperidine rings is 1. The minimum Gasteiger partial charge on any atom is -0.493 e. The van der Waals surface area contributed by atoms with Crippen molar-refractivity contribution in [3.8, 4) is 23.0 Å². The maximum Gasteiger partial charge on any atom is 0.196 e. The molecular formula is C26H32NO5+. The van der Waals surface area contributed by atoms with Crippen LogP contribution in [-0.2, 0) is 4.79 Å². The van der Waals surface area contributed by atoms with E-state index in [-0.39, 0.29) is 5.78 Å². The van der Waals surface area contributed by atoms with Crippen LogP contribution in [0.3, 0.4) is 0 Å². The molecule has 0 amide bonds. The average Bonchev–Trinajstić information content (AvgIpc) is 2.81. The quantitative estimate of drug-likeness (QED) is 0.642.